The van der Waals surface area contributed by atoms with Crippen molar-refractivity contribution in [2.75, 3.05) is 13.0 Å². The maximum atomic E-state index is 5.75. The predicted molar refractivity (Wildman–Crippen MR) is 72.2 cm³/mol. The van der Waals surface area contributed by atoms with Gasteiger partial charge in [-0.25, -0.2) is 0 Å². The van der Waals surface area contributed by atoms with Crippen molar-refractivity contribution in [3.05, 3.63) is 28.2 Å². The van der Waals surface area contributed by atoms with E-state index in [0.29, 0.717) is 11.1 Å². The second-order valence-corrected chi connectivity index (χ2v) is 5.83. The molecule has 0 aromatic heterocycles. The van der Waals surface area contributed by atoms with E-state index in [1.165, 1.54) is 5.56 Å². The Bertz CT molecular complexity index is 319. The molecule has 0 N–H and O–H groups in total. The maximum absolute atomic E-state index is 5.75. The summed E-state index contributed by atoms with van der Waals surface area (Å²) >= 11 is 11.1. The Morgan fingerprint density at radius 3 is 2.80 bits per heavy atom. The number of halogens is 2. The fraction of sp³-hybridized carbons (Fsp3) is 0.455. The van der Waals surface area contributed by atoms with Crippen molar-refractivity contribution >= 4 is 39.3 Å². The van der Waals surface area contributed by atoms with Crippen LogP contribution in [0.2, 0.25) is 0 Å². The summed E-state index contributed by atoms with van der Waals surface area (Å²) in [6.07, 6.45) is 0. The van der Waals surface area contributed by atoms with E-state index in [1.54, 1.807) is 7.11 Å². The van der Waals surface area contributed by atoms with Gasteiger partial charge in [0.25, 0.3) is 0 Å². The third-order valence-corrected chi connectivity index (χ3v) is 4.47. The first kappa shape index (κ1) is 13.2. The Labute approximate surface area is 109 Å². The summed E-state index contributed by atoms with van der Waals surface area (Å²) in [6, 6.07) is 6.15. The quantitative estimate of drug-likeness (QED) is 0.749. The fourth-order valence-corrected chi connectivity index (χ4v) is 2.68. The molecule has 0 amide bonds. The maximum Gasteiger partial charge on any atom is 0.133 e. The van der Waals surface area contributed by atoms with Crippen LogP contribution in [-0.4, -0.2) is 18.2 Å². The standard InChI is InChI=1S/C11H14BrClOS/c1-8(6-13)15-7-9-3-4-11(14-2)10(12)5-9/h3-5,8H,6-7H2,1-2H3. The molecule has 0 saturated heterocycles. The Kier molecular flexibility index (Phi) is 5.87. The lowest BCUT2D eigenvalue weighted by molar-refractivity contribution is 0.412. The molecule has 0 spiro atoms. The van der Waals surface area contributed by atoms with Crippen molar-refractivity contribution in [1.29, 1.82) is 0 Å². The van der Waals surface area contributed by atoms with Crippen molar-refractivity contribution < 1.29 is 4.74 Å². The molecule has 0 heterocycles. The first-order valence-corrected chi connectivity index (χ1v) is 7.05. The van der Waals surface area contributed by atoms with Crippen LogP contribution in [0.15, 0.2) is 22.7 Å². The third-order valence-electron chi connectivity index (χ3n) is 1.97. The summed E-state index contributed by atoms with van der Waals surface area (Å²) < 4.78 is 6.17. The number of ether oxygens (including phenoxy) is 1. The lowest BCUT2D eigenvalue weighted by Gasteiger charge is -2.09. The van der Waals surface area contributed by atoms with Gasteiger partial charge >= 0.3 is 0 Å². The normalized spacial score (nSPS) is 12.5. The number of alkyl halides is 1. The lowest BCUT2D eigenvalue weighted by atomic mass is 10.2. The van der Waals surface area contributed by atoms with Crippen LogP contribution in [0.3, 0.4) is 0 Å². The zero-order valence-corrected chi connectivity index (χ0v) is 12.0. The summed E-state index contributed by atoms with van der Waals surface area (Å²) in [5.74, 6) is 2.55. The first-order chi connectivity index (χ1) is 7.17. The molecule has 0 saturated carbocycles. The SMILES string of the molecule is COc1ccc(CSC(C)CCl)cc1Br. The van der Waals surface area contributed by atoms with Gasteiger partial charge in [-0.3, -0.25) is 0 Å². The van der Waals surface area contributed by atoms with Crippen LogP contribution in [-0.2, 0) is 5.75 Å². The zero-order chi connectivity index (χ0) is 11.3. The van der Waals surface area contributed by atoms with E-state index < -0.39 is 0 Å². The second-order valence-electron chi connectivity index (χ2n) is 3.24. The van der Waals surface area contributed by atoms with Gasteiger partial charge in [-0.15, -0.1) is 11.6 Å². The minimum atomic E-state index is 0.493. The molecule has 1 aromatic carbocycles. The highest BCUT2D eigenvalue weighted by atomic mass is 79.9. The first-order valence-electron chi connectivity index (χ1n) is 4.67. The Morgan fingerprint density at radius 2 is 2.27 bits per heavy atom. The van der Waals surface area contributed by atoms with Crippen LogP contribution in [0.25, 0.3) is 0 Å². The number of methoxy groups -OCH3 is 1. The molecule has 4 heteroatoms. The molecule has 0 radical (unpaired) electrons. The number of thioether (sulfide) groups is 1. The Hall–Kier alpha value is 0.140. The van der Waals surface area contributed by atoms with Gasteiger partial charge in [0.1, 0.15) is 5.75 Å². The van der Waals surface area contributed by atoms with E-state index in [9.17, 15) is 0 Å². The molecule has 0 aliphatic rings. The summed E-state index contributed by atoms with van der Waals surface area (Å²) in [7, 11) is 1.67. The Balaban J connectivity index is 2.59. The molecular formula is C11H14BrClOS. The molecule has 15 heavy (non-hydrogen) atoms. The van der Waals surface area contributed by atoms with E-state index in [4.69, 9.17) is 16.3 Å². The number of hydrogen-bond acceptors (Lipinski definition) is 2. The van der Waals surface area contributed by atoms with Gasteiger partial charge in [-0.05, 0) is 33.6 Å². The van der Waals surface area contributed by atoms with Gasteiger partial charge in [-0.2, -0.15) is 11.8 Å². The molecule has 1 aromatic rings. The van der Waals surface area contributed by atoms with E-state index in [1.807, 2.05) is 17.8 Å². The van der Waals surface area contributed by atoms with Crippen LogP contribution < -0.4 is 4.74 Å². The van der Waals surface area contributed by atoms with E-state index in [2.05, 4.69) is 35.0 Å². The molecule has 84 valence electrons. The van der Waals surface area contributed by atoms with Crippen LogP contribution in [0, 0.1) is 0 Å². The molecule has 1 unspecified atom stereocenters. The number of rotatable bonds is 5. The average molecular weight is 310 g/mol. The van der Waals surface area contributed by atoms with Crippen LogP contribution in [0.1, 0.15) is 12.5 Å². The summed E-state index contributed by atoms with van der Waals surface area (Å²) in [6.45, 7) is 2.14. The molecular weight excluding hydrogens is 296 g/mol. The summed E-state index contributed by atoms with van der Waals surface area (Å²) in [5, 5.41) is 0.493. The largest absolute Gasteiger partial charge is 0.496 e. The minimum absolute atomic E-state index is 0.493. The topological polar surface area (TPSA) is 9.23 Å². The monoisotopic (exact) mass is 308 g/mol. The fourth-order valence-electron chi connectivity index (χ4n) is 1.08. The van der Waals surface area contributed by atoms with Crippen molar-refractivity contribution in [1.82, 2.24) is 0 Å². The molecule has 0 fully saturated rings. The van der Waals surface area contributed by atoms with Gasteiger partial charge in [0.05, 0.1) is 11.6 Å². The van der Waals surface area contributed by atoms with Crippen LogP contribution in [0.4, 0.5) is 0 Å². The van der Waals surface area contributed by atoms with E-state index in [0.717, 1.165) is 16.0 Å². The van der Waals surface area contributed by atoms with Gasteiger partial charge in [0, 0.05) is 16.9 Å². The molecule has 0 aliphatic carbocycles. The highest BCUT2D eigenvalue weighted by Crippen LogP contribution is 2.28. The third kappa shape index (κ3) is 4.25. The zero-order valence-electron chi connectivity index (χ0n) is 8.80. The van der Waals surface area contributed by atoms with Crippen molar-refractivity contribution in [2.24, 2.45) is 0 Å². The van der Waals surface area contributed by atoms with Gasteiger partial charge in [0.15, 0.2) is 0 Å². The highest BCUT2D eigenvalue weighted by molar-refractivity contribution is 9.10. The molecule has 1 atom stereocenters. The smallest absolute Gasteiger partial charge is 0.133 e. The minimum Gasteiger partial charge on any atom is -0.496 e. The summed E-state index contributed by atoms with van der Waals surface area (Å²) in [4.78, 5) is 0. The van der Waals surface area contributed by atoms with Crippen molar-refractivity contribution in [3.8, 4) is 5.75 Å². The average Bonchev–Trinajstić information content (AvgIpc) is 2.26. The molecule has 0 aliphatic heterocycles. The van der Waals surface area contributed by atoms with E-state index in [-0.39, 0.29) is 0 Å². The summed E-state index contributed by atoms with van der Waals surface area (Å²) in [5.41, 5.74) is 1.28. The highest BCUT2D eigenvalue weighted by Gasteiger charge is 2.04. The van der Waals surface area contributed by atoms with Gasteiger partial charge in [0.2, 0.25) is 0 Å². The van der Waals surface area contributed by atoms with E-state index >= 15 is 0 Å². The van der Waals surface area contributed by atoms with Crippen molar-refractivity contribution in [3.63, 3.8) is 0 Å². The van der Waals surface area contributed by atoms with Gasteiger partial charge in [-0.1, -0.05) is 13.0 Å². The van der Waals surface area contributed by atoms with Crippen LogP contribution >= 0.6 is 39.3 Å². The second kappa shape index (κ2) is 6.66. The molecule has 1 rings (SSSR count). The predicted octanol–water partition coefficient (Wildman–Crippen LogP) is 4.32. The number of benzene rings is 1. The Morgan fingerprint density at radius 1 is 1.53 bits per heavy atom. The van der Waals surface area contributed by atoms with Crippen molar-refractivity contribution in [2.45, 2.75) is 17.9 Å². The number of hydrogen-bond donors (Lipinski definition) is 0. The molecule has 1 nitrogen and oxygen atoms in total. The van der Waals surface area contributed by atoms with Crippen LogP contribution in [0.5, 0.6) is 5.75 Å². The van der Waals surface area contributed by atoms with Gasteiger partial charge < -0.3 is 4.74 Å². The molecule has 0 bridgehead atoms. The lowest BCUT2D eigenvalue weighted by Crippen LogP contribution is -1.97.